The molecule has 0 aromatic carbocycles. The van der Waals surface area contributed by atoms with Crippen molar-refractivity contribution in [1.29, 1.82) is 0 Å². The average Bonchev–Trinajstić information content (AvgIpc) is 2.37. The fourth-order valence-corrected chi connectivity index (χ4v) is 1.80. The molecule has 1 aliphatic rings. The Bertz CT molecular complexity index is 170. The van der Waals surface area contributed by atoms with E-state index >= 15 is 0 Å². The molecule has 0 aliphatic carbocycles. The van der Waals surface area contributed by atoms with Crippen molar-refractivity contribution in [2.24, 2.45) is 0 Å². The number of carbonyl (C=O) groups excluding carboxylic acids is 1. The van der Waals surface area contributed by atoms with E-state index in [0.29, 0.717) is 6.04 Å². The van der Waals surface area contributed by atoms with E-state index in [1.165, 1.54) is 0 Å². The second-order valence-corrected chi connectivity index (χ2v) is 3.32. The summed E-state index contributed by atoms with van der Waals surface area (Å²) in [6.45, 7) is 6.40. The number of carbonyl (C=O) groups is 1. The highest BCUT2D eigenvalue weighted by molar-refractivity contribution is 5.73. The quantitative estimate of drug-likeness (QED) is 0.569. The molecule has 1 rings (SSSR count). The van der Waals surface area contributed by atoms with Gasteiger partial charge in [0.15, 0.2) is 0 Å². The molecule has 0 spiro atoms. The lowest BCUT2D eigenvalue weighted by Crippen LogP contribution is -2.39. The number of hydrogen-bond acceptors (Lipinski definition) is 2. The third-order valence-corrected chi connectivity index (χ3v) is 2.43. The molecule has 0 aromatic rings. The highest BCUT2D eigenvalue weighted by Crippen LogP contribution is 2.14. The molecular formula is C9H17N2O-. The van der Waals surface area contributed by atoms with Gasteiger partial charge in [-0.2, -0.15) is 0 Å². The molecule has 1 amide bonds. The van der Waals surface area contributed by atoms with Crippen LogP contribution in [0.4, 0.5) is 0 Å². The first-order chi connectivity index (χ1) is 5.65. The van der Waals surface area contributed by atoms with Crippen LogP contribution in [-0.2, 0) is 4.79 Å². The van der Waals surface area contributed by atoms with Gasteiger partial charge in [0.25, 0.3) is 0 Å². The zero-order chi connectivity index (χ0) is 9.14. The predicted octanol–water partition coefficient (Wildman–Crippen LogP) is 0.721. The van der Waals surface area contributed by atoms with Gasteiger partial charge in [-0.15, -0.1) is 0 Å². The summed E-state index contributed by atoms with van der Waals surface area (Å²) < 4.78 is 0. The number of likely N-dealkylation sites (N-methyl/N-ethyl adjacent to an activating group) is 1. The van der Waals surface area contributed by atoms with E-state index < -0.39 is 0 Å². The van der Waals surface area contributed by atoms with E-state index in [1.807, 2.05) is 16.7 Å². The first kappa shape index (κ1) is 9.52. The minimum Gasteiger partial charge on any atom is -0.457 e. The molecule has 3 heteroatoms. The van der Waals surface area contributed by atoms with Crippen LogP contribution in [0, 0.1) is 7.05 Å². The van der Waals surface area contributed by atoms with Crippen LogP contribution in [0.15, 0.2) is 0 Å². The molecule has 0 bridgehead atoms. The Morgan fingerprint density at radius 2 is 2.42 bits per heavy atom. The van der Waals surface area contributed by atoms with Gasteiger partial charge in [0, 0.05) is 19.5 Å². The summed E-state index contributed by atoms with van der Waals surface area (Å²) in [7, 11) is 3.86. The smallest absolute Gasteiger partial charge is 0.219 e. The van der Waals surface area contributed by atoms with Gasteiger partial charge in [0.05, 0.1) is 0 Å². The topological polar surface area (TPSA) is 23.6 Å². The number of amides is 1. The van der Waals surface area contributed by atoms with E-state index in [0.717, 1.165) is 26.1 Å². The lowest BCUT2D eigenvalue weighted by Gasteiger charge is -2.27. The highest BCUT2D eigenvalue weighted by atomic mass is 16.2. The van der Waals surface area contributed by atoms with Crippen molar-refractivity contribution < 1.29 is 4.79 Å². The molecule has 1 saturated heterocycles. The van der Waals surface area contributed by atoms with Gasteiger partial charge in [-0.05, 0) is 26.4 Å². The van der Waals surface area contributed by atoms with Gasteiger partial charge in [-0.3, -0.25) is 11.8 Å². The van der Waals surface area contributed by atoms with Crippen LogP contribution in [0.2, 0.25) is 0 Å². The minimum atomic E-state index is 0.179. The molecule has 1 aliphatic heterocycles. The molecule has 0 saturated carbocycles. The molecule has 0 aromatic heterocycles. The highest BCUT2D eigenvalue weighted by Gasteiger charge is 2.23. The maximum Gasteiger partial charge on any atom is 0.219 e. The number of hydrogen-bond donors (Lipinski definition) is 0. The Morgan fingerprint density at radius 3 is 2.75 bits per heavy atom. The SMILES string of the molecule is [CH2-]N1CC[C@H](N(CC)C(C)=O)C1. The van der Waals surface area contributed by atoms with Crippen LogP contribution in [0.5, 0.6) is 0 Å². The lowest BCUT2D eigenvalue weighted by atomic mass is 10.2. The van der Waals surface area contributed by atoms with E-state index in [-0.39, 0.29) is 5.91 Å². The first-order valence-corrected chi connectivity index (χ1v) is 4.47. The van der Waals surface area contributed by atoms with Crippen molar-refractivity contribution >= 4 is 5.91 Å². The molecule has 1 atom stereocenters. The van der Waals surface area contributed by atoms with Crippen LogP contribution in [0.1, 0.15) is 20.3 Å². The molecular weight excluding hydrogens is 152 g/mol. The van der Waals surface area contributed by atoms with Crippen LogP contribution in [-0.4, -0.2) is 41.4 Å². The van der Waals surface area contributed by atoms with Gasteiger partial charge >= 0.3 is 0 Å². The summed E-state index contributed by atoms with van der Waals surface area (Å²) >= 11 is 0. The lowest BCUT2D eigenvalue weighted by molar-refractivity contribution is -0.130. The van der Waals surface area contributed by atoms with Crippen molar-refractivity contribution in [3.05, 3.63) is 7.05 Å². The molecule has 0 unspecified atom stereocenters. The van der Waals surface area contributed by atoms with Crippen molar-refractivity contribution in [3.8, 4) is 0 Å². The monoisotopic (exact) mass is 169 g/mol. The van der Waals surface area contributed by atoms with Gasteiger partial charge in [0.1, 0.15) is 0 Å². The van der Waals surface area contributed by atoms with Gasteiger partial charge in [0.2, 0.25) is 5.91 Å². The third kappa shape index (κ3) is 1.97. The molecule has 1 heterocycles. The van der Waals surface area contributed by atoms with Crippen LogP contribution < -0.4 is 0 Å². The summed E-state index contributed by atoms with van der Waals surface area (Å²) in [6.07, 6.45) is 1.07. The minimum absolute atomic E-state index is 0.179. The Labute approximate surface area is 74.3 Å². The summed E-state index contributed by atoms with van der Waals surface area (Å²) in [4.78, 5) is 15.1. The van der Waals surface area contributed by atoms with Crippen molar-refractivity contribution in [3.63, 3.8) is 0 Å². The number of rotatable bonds is 2. The summed E-state index contributed by atoms with van der Waals surface area (Å²) in [6, 6.07) is 0.394. The zero-order valence-corrected chi connectivity index (χ0v) is 7.92. The van der Waals surface area contributed by atoms with Crippen LogP contribution in [0.25, 0.3) is 0 Å². The van der Waals surface area contributed by atoms with E-state index in [1.54, 1.807) is 6.92 Å². The fourth-order valence-electron chi connectivity index (χ4n) is 1.80. The Kier molecular flexibility index (Phi) is 3.09. The van der Waals surface area contributed by atoms with E-state index in [4.69, 9.17) is 0 Å². The van der Waals surface area contributed by atoms with E-state index in [2.05, 4.69) is 7.05 Å². The number of likely N-dealkylation sites (tertiary alicyclic amines) is 1. The summed E-state index contributed by atoms with van der Waals surface area (Å²) in [5.74, 6) is 0.179. The predicted molar refractivity (Wildman–Crippen MR) is 48.4 cm³/mol. The van der Waals surface area contributed by atoms with Gasteiger partial charge < -0.3 is 9.80 Å². The van der Waals surface area contributed by atoms with Crippen molar-refractivity contribution in [1.82, 2.24) is 9.80 Å². The molecule has 70 valence electrons. The first-order valence-electron chi connectivity index (χ1n) is 4.47. The van der Waals surface area contributed by atoms with Crippen LogP contribution >= 0.6 is 0 Å². The summed E-state index contributed by atoms with van der Waals surface area (Å²) in [5, 5.41) is 0. The number of nitrogens with zero attached hydrogens (tertiary/aromatic N) is 2. The Hall–Kier alpha value is -0.570. The van der Waals surface area contributed by atoms with Crippen molar-refractivity contribution in [2.45, 2.75) is 26.3 Å². The van der Waals surface area contributed by atoms with Gasteiger partial charge in [-0.25, -0.2) is 0 Å². The Balaban J connectivity index is 2.49. The van der Waals surface area contributed by atoms with Crippen molar-refractivity contribution in [2.75, 3.05) is 19.6 Å². The third-order valence-electron chi connectivity index (χ3n) is 2.43. The maximum absolute atomic E-state index is 11.2. The molecule has 12 heavy (non-hydrogen) atoms. The molecule has 0 radical (unpaired) electrons. The van der Waals surface area contributed by atoms with E-state index in [9.17, 15) is 4.79 Å². The Morgan fingerprint density at radius 1 is 1.75 bits per heavy atom. The second kappa shape index (κ2) is 3.90. The maximum atomic E-state index is 11.2. The fraction of sp³-hybridized carbons (Fsp3) is 0.778. The average molecular weight is 169 g/mol. The normalized spacial score (nSPS) is 24.4. The molecule has 1 fully saturated rings. The zero-order valence-electron chi connectivity index (χ0n) is 7.92. The van der Waals surface area contributed by atoms with Crippen LogP contribution in [0.3, 0.4) is 0 Å². The largest absolute Gasteiger partial charge is 0.457 e. The summed E-state index contributed by atoms with van der Waals surface area (Å²) in [5.41, 5.74) is 0. The molecule has 0 N–H and O–H groups in total. The van der Waals surface area contributed by atoms with Gasteiger partial charge in [-0.1, -0.05) is 0 Å². The second-order valence-electron chi connectivity index (χ2n) is 3.32. The standard InChI is InChI=1S/C9H17N2O/c1-4-11(8(2)12)9-5-6-10(3)7-9/h9H,3-7H2,1-2H3/q-1/t9-/m0/s1. The molecule has 3 nitrogen and oxygen atoms in total.